The van der Waals surface area contributed by atoms with Crippen molar-refractivity contribution < 1.29 is 4.74 Å². The Kier molecular flexibility index (Phi) is 3.69. The van der Waals surface area contributed by atoms with Crippen LogP contribution in [0.1, 0.15) is 6.92 Å². The van der Waals surface area contributed by atoms with Crippen LogP contribution in [0.5, 0.6) is 5.75 Å². The van der Waals surface area contributed by atoms with Gasteiger partial charge in [-0.15, -0.1) is 10.2 Å². The van der Waals surface area contributed by atoms with Gasteiger partial charge in [0.2, 0.25) is 0 Å². The molecule has 0 unspecified atom stereocenters. The van der Waals surface area contributed by atoms with E-state index in [1.807, 2.05) is 56.4 Å². The quantitative estimate of drug-likeness (QED) is 0.790. The molecular weight excluding hydrogens is 262 g/mol. The summed E-state index contributed by atoms with van der Waals surface area (Å²) in [5.74, 6) is 1.61. The van der Waals surface area contributed by atoms with Gasteiger partial charge < -0.3 is 10.1 Å². The Morgan fingerprint density at radius 2 is 1.67 bits per heavy atom. The minimum Gasteiger partial charge on any atom is -0.493 e. The smallest absolute Gasteiger partial charge is 0.156 e. The number of anilines is 1. The maximum atomic E-state index is 5.71. The fraction of sp³-hybridized carbons (Fsp3) is 0.176. The molecule has 0 radical (unpaired) electrons. The number of hydrogen-bond acceptors (Lipinski definition) is 4. The van der Waals surface area contributed by atoms with E-state index in [1.54, 1.807) is 0 Å². The fourth-order valence-corrected chi connectivity index (χ4v) is 2.43. The number of benzene rings is 2. The van der Waals surface area contributed by atoms with Crippen LogP contribution >= 0.6 is 0 Å². The Labute approximate surface area is 123 Å². The average Bonchev–Trinajstić information content (AvgIpc) is 2.55. The highest BCUT2D eigenvalue weighted by Crippen LogP contribution is 2.34. The van der Waals surface area contributed by atoms with Crippen LogP contribution in [0.2, 0.25) is 0 Å². The predicted octanol–water partition coefficient (Wildman–Crippen LogP) is 3.74. The number of nitrogens with zero attached hydrogens (tertiary/aromatic N) is 2. The summed E-state index contributed by atoms with van der Waals surface area (Å²) < 4.78 is 5.71. The van der Waals surface area contributed by atoms with Crippen LogP contribution in [-0.4, -0.2) is 23.9 Å². The molecule has 3 aromatic rings. The molecule has 0 bridgehead atoms. The normalized spacial score (nSPS) is 10.6. The second-order valence-corrected chi connectivity index (χ2v) is 4.62. The summed E-state index contributed by atoms with van der Waals surface area (Å²) in [4.78, 5) is 0. The summed E-state index contributed by atoms with van der Waals surface area (Å²) in [5.41, 5.74) is 1.80. The van der Waals surface area contributed by atoms with Crippen molar-refractivity contribution in [2.75, 3.05) is 19.0 Å². The van der Waals surface area contributed by atoms with Crippen molar-refractivity contribution in [2.45, 2.75) is 6.92 Å². The van der Waals surface area contributed by atoms with Gasteiger partial charge in [0, 0.05) is 23.4 Å². The number of ether oxygens (including phenoxy) is 1. The van der Waals surface area contributed by atoms with Crippen LogP contribution in [0.15, 0.2) is 48.5 Å². The first-order chi connectivity index (χ1) is 10.3. The molecule has 21 heavy (non-hydrogen) atoms. The second-order valence-electron chi connectivity index (χ2n) is 4.62. The molecule has 3 rings (SSSR count). The second kappa shape index (κ2) is 5.79. The summed E-state index contributed by atoms with van der Waals surface area (Å²) in [6.45, 7) is 2.60. The van der Waals surface area contributed by atoms with Crippen LogP contribution < -0.4 is 10.1 Å². The summed E-state index contributed by atoms with van der Waals surface area (Å²) in [5, 5.41) is 13.9. The zero-order chi connectivity index (χ0) is 14.7. The Morgan fingerprint density at radius 3 is 2.43 bits per heavy atom. The zero-order valence-electron chi connectivity index (χ0n) is 12.1. The van der Waals surface area contributed by atoms with Crippen LogP contribution in [0.3, 0.4) is 0 Å². The maximum absolute atomic E-state index is 5.71. The molecule has 0 atom stereocenters. The zero-order valence-corrected chi connectivity index (χ0v) is 12.1. The molecule has 1 heterocycles. The lowest BCUT2D eigenvalue weighted by atomic mass is 10.0. The van der Waals surface area contributed by atoms with E-state index in [2.05, 4.69) is 21.6 Å². The standard InChI is InChI=1S/C17H17N3O/c1-3-21-15-11-7-6-10-14(15)16-12-8-4-5-9-13(12)17(18-2)20-19-16/h4-11H,3H2,1-2H3,(H,18,20). The number of rotatable bonds is 4. The van der Waals surface area contributed by atoms with Gasteiger partial charge in [-0.2, -0.15) is 0 Å². The fourth-order valence-electron chi connectivity index (χ4n) is 2.43. The average molecular weight is 279 g/mol. The summed E-state index contributed by atoms with van der Waals surface area (Å²) in [6.07, 6.45) is 0. The Morgan fingerprint density at radius 1 is 0.952 bits per heavy atom. The van der Waals surface area contributed by atoms with E-state index in [0.29, 0.717) is 6.61 Å². The molecule has 4 heteroatoms. The third-order valence-corrected chi connectivity index (χ3v) is 3.37. The molecule has 0 aliphatic heterocycles. The molecule has 0 spiro atoms. The highest BCUT2D eigenvalue weighted by atomic mass is 16.5. The van der Waals surface area contributed by atoms with E-state index in [9.17, 15) is 0 Å². The summed E-state index contributed by atoms with van der Waals surface area (Å²) >= 11 is 0. The predicted molar refractivity (Wildman–Crippen MR) is 85.7 cm³/mol. The first-order valence-electron chi connectivity index (χ1n) is 7.00. The third kappa shape index (κ3) is 2.40. The molecule has 4 nitrogen and oxygen atoms in total. The molecule has 1 N–H and O–H groups in total. The van der Waals surface area contributed by atoms with E-state index in [4.69, 9.17) is 4.74 Å². The summed E-state index contributed by atoms with van der Waals surface area (Å²) in [6, 6.07) is 16.0. The van der Waals surface area contributed by atoms with Gasteiger partial charge in [0.05, 0.1) is 6.61 Å². The van der Waals surface area contributed by atoms with Gasteiger partial charge in [0.1, 0.15) is 11.4 Å². The minimum absolute atomic E-state index is 0.622. The lowest BCUT2D eigenvalue weighted by Gasteiger charge is -2.12. The molecule has 0 aliphatic rings. The van der Waals surface area contributed by atoms with E-state index >= 15 is 0 Å². The molecule has 0 fully saturated rings. The molecule has 2 aromatic carbocycles. The third-order valence-electron chi connectivity index (χ3n) is 3.37. The van der Waals surface area contributed by atoms with E-state index in [1.165, 1.54) is 0 Å². The largest absolute Gasteiger partial charge is 0.493 e. The molecule has 1 aromatic heterocycles. The molecule has 0 saturated carbocycles. The van der Waals surface area contributed by atoms with Crippen molar-refractivity contribution in [1.29, 1.82) is 0 Å². The van der Waals surface area contributed by atoms with Crippen LogP contribution in [0.4, 0.5) is 5.82 Å². The maximum Gasteiger partial charge on any atom is 0.156 e. The van der Waals surface area contributed by atoms with Crippen molar-refractivity contribution in [1.82, 2.24) is 10.2 Å². The van der Waals surface area contributed by atoms with Gasteiger partial charge in [0.15, 0.2) is 5.82 Å². The Hall–Kier alpha value is -2.62. The number of fused-ring (bicyclic) bond motifs is 1. The molecule has 0 aliphatic carbocycles. The molecule has 106 valence electrons. The van der Waals surface area contributed by atoms with E-state index in [0.717, 1.165) is 33.6 Å². The minimum atomic E-state index is 0.622. The lowest BCUT2D eigenvalue weighted by Crippen LogP contribution is -2.00. The number of nitrogens with one attached hydrogen (secondary N) is 1. The van der Waals surface area contributed by atoms with Crippen molar-refractivity contribution in [2.24, 2.45) is 0 Å². The highest BCUT2D eigenvalue weighted by Gasteiger charge is 2.13. The van der Waals surface area contributed by atoms with Crippen molar-refractivity contribution >= 4 is 16.6 Å². The number of para-hydroxylation sites is 1. The van der Waals surface area contributed by atoms with Crippen LogP contribution in [-0.2, 0) is 0 Å². The lowest BCUT2D eigenvalue weighted by molar-refractivity contribution is 0.341. The van der Waals surface area contributed by atoms with Crippen molar-refractivity contribution in [3.8, 4) is 17.0 Å². The van der Waals surface area contributed by atoms with Gasteiger partial charge in [-0.1, -0.05) is 36.4 Å². The monoisotopic (exact) mass is 279 g/mol. The molecular formula is C17H17N3O. The van der Waals surface area contributed by atoms with Gasteiger partial charge in [-0.25, -0.2) is 0 Å². The number of aromatic nitrogens is 2. The van der Waals surface area contributed by atoms with Crippen molar-refractivity contribution in [3.05, 3.63) is 48.5 Å². The van der Waals surface area contributed by atoms with Gasteiger partial charge in [-0.3, -0.25) is 0 Å². The van der Waals surface area contributed by atoms with E-state index in [-0.39, 0.29) is 0 Å². The first-order valence-corrected chi connectivity index (χ1v) is 7.00. The SMILES string of the molecule is CCOc1ccccc1-c1nnc(NC)c2ccccc12. The highest BCUT2D eigenvalue weighted by molar-refractivity contribution is 6.00. The summed E-state index contributed by atoms with van der Waals surface area (Å²) in [7, 11) is 1.85. The van der Waals surface area contributed by atoms with Crippen molar-refractivity contribution in [3.63, 3.8) is 0 Å². The molecule has 0 amide bonds. The number of hydrogen-bond donors (Lipinski definition) is 1. The van der Waals surface area contributed by atoms with E-state index < -0.39 is 0 Å². The van der Waals surface area contributed by atoms with Gasteiger partial charge in [0.25, 0.3) is 0 Å². The van der Waals surface area contributed by atoms with Gasteiger partial charge >= 0.3 is 0 Å². The van der Waals surface area contributed by atoms with Gasteiger partial charge in [-0.05, 0) is 19.1 Å². The van der Waals surface area contributed by atoms with Crippen LogP contribution in [0, 0.1) is 0 Å². The first kappa shape index (κ1) is 13.4. The Bertz CT molecular complexity index is 771. The molecule has 0 saturated heterocycles. The van der Waals surface area contributed by atoms with Crippen LogP contribution in [0.25, 0.3) is 22.0 Å². The topological polar surface area (TPSA) is 47.0 Å². The Balaban J connectivity index is 2.27.